The first kappa shape index (κ1) is 31.2. The summed E-state index contributed by atoms with van der Waals surface area (Å²) in [4.78, 5) is 33.2. The Morgan fingerprint density at radius 1 is 1.11 bits per heavy atom. The third-order valence-electron chi connectivity index (χ3n) is 5.84. The molecule has 3 aromatic rings. The number of amides is 2. The van der Waals surface area contributed by atoms with Crippen LogP contribution in [-0.2, 0) is 15.1 Å². The van der Waals surface area contributed by atoms with Gasteiger partial charge in [0.25, 0.3) is 5.91 Å². The smallest absolute Gasteiger partial charge is 0.253 e. The molecule has 8 nitrogen and oxygen atoms in total. The third kappa shape index (κ3) is 10.8. The van der Waals surface area contributed by atoms with Gasteiger partial charge in [-0.1, -0.05) is 33.3 Å². The molecule has 0 radical (unpaired) electrons. The molecule has 3 heterocycles. The van der Waals surface area contributed by atoms with Crippen LogP contribution in [0.5, 0.6) is 0 Å². The fourth-order valence-corrected chi connectivity index (χ4v) is 3.96. The fourth-order valence-electron chi connectivity index (χ4n) is 3.24. The lowest BCUT2D eigenvalue weighted by molar-refractivity contribution is -0.115. The molecule has 38 heavy (non-hydrogen) atoms. The Labute approximate surface area is 231 Å². The normalized spacial score (nSPS) is 11.9. The molecule has 0 aliphatic carbocycles. The number of rotatable bonds is 11. The van der Waals surface area contributed by atoms with Crippen molar-refractivity contribution in [3.05, 3.63) is 53.3 Å². The van der Waals surface area contributed by atoms with E-state index in [4.69, 9.17) is 4.74 Å². The van der Waals surface area contributed by atoms with Crippen LogP contribution in [0.25, 0.3) is 11.4 Å². The zero-order chi connectivity index (χ0) is 28.1. The SMILES string of the molecule is CCCOCCC(C)CC.Cc1cccc(-c2csc(NC(=O)CNC(=O)c3ccn(C(C)(C)C)c3)n2)n1. The van der Waals surface area contributed by atoms with Crippen LogP contribution in [0, 0.1) is 12.8 Å². The van der Waals surface area contributed by atoms with Crippen LogP contribution in [0.15, 0.2) is 42.0 Å². The highest BCUT2D eigenvalue weighted by Gasteiger charge is 2.16. The van der Waals surface area contributed by atoms with E-state index in [1.807, 2.05) is 41.3 Å². The lowest BCUT2D eigenvalue weighted by Gasteiger charge is -2.20. The van der Waals surface area contributed by atoms with Crippen LogP contribution in [0.3, 0.4) is 0 Å². The van der Waals surface area contributed by atoms with Gasteiger partial charge in [0.1, 0.15) is 5.69 Å². The van der Waals surface area contributed by atoms with Crippen molar-refractivity contribution in [3.63, 3.8) is 0 Å². The number of nitrogens with zero attached hydrogens (tertiary/aromatic N) is 3. The molecule has 2 amide bonds. The average molecular weight is 542 g/mol. The first-order valence-electron chi connectivity index (χ1n) is 13.3. The second-order valence-electron chi connectivity index (χ2n) is 10.3. The van der Waals surface area contributed by atoms with E-state index in [0.717, 1.165) is 36.9 Å². The zero-order valence-electron chi connectivity index (χ0n) is 23.8. The van der Waals surface area contributed by atoms with Crippen LogP contribution >= 0.6 is 11.3 Å². The maximum Gasteiger partial charge on any atom is 0.253 e. The maximum atomic E-state index is 12.2. The number of hydrogen-bond donors (Lipinski definition) is 2. The molecule has 0 fully saturated rings. The van der Waals surface area contributed by atoms with Gasteiger partial charge < -0.3 is 19.9 Å². The van der Waals surface area contributed by atoms with E-state index >= 15 is 0 Å². The zero-order valence-corrected chi connectivity index (χ0v) is 24.7. The molecular formula is C29H43N5O3S. The van der Waals surface area contributed by atoms with Gasteiger partial charge in [-0.15, -0.1) is 11.3 Å². The molecule has 0 saturated heterocycles. The number of pyridine rings is 1. The van der Waals surface area contributed by atoms with Gasteiger partial charge in [0, 0.05) is 42.2 Å². The summed E-state index contributed by atoms with van der Waals surface area (Å²) in [6, 6.07) is 7.44. The predicted octanol–water partition coefficient (Wildman–Crippen LogP) is 6.29. The second-order valence-corrected chi connectivity index (χ2v) is 11.2. The molecule has 1 unspecified atom stereocenters. The number of carbonyl (C=O) groups excluding carboxylic acids is 2. The van der Waals surface area contributed by atoms with Crippen LogP contribution in [0.2, 0.25) is 0 Å². The van der Waals surface area contributed by atoms with Gasteiger partial charge in [-0.25, -0.2) is 4.98 Å². The second kappa shape index (κ2) is 15.4. The Morgan fingerprint density at radius 2 is 1.87 bits per heavy atom. The highest BCUT2D eigenvalue weighted by Crippen LogP contribution is 2.23. The Kier molecular flexibility index (Phi) is 12.6. The summed E-state index contributed by atoms with van der Waals surface area (Å²) in [5, 5.41) is 7.64. The molecule has 0 saturated carbocycles. The van der Waals surface area contributed by atoms with Crippen molar-refractivity contribution in [1.82, 2.24) is 19.9 Å². The van der Waals surface area contributed by atoms with E-state index < -0.39 is 0 Å². The van der Waals surface area contributed by atoms with Gasteiger partial charge in [0.2, 0.25) is 5.91 Å². The lowest BCUT2D eigenvalue weighted by Crippen LogP contribution is -2.32. The van der Waals surface area contributed by atoms with Gasteiger partial charge in [-0.05, 0) is 64.7 Å². The fraction of sp³-hybridized carbons (Fsp3) is 0.517. The van der Waals surface area contributed by atoms with E-state index in [0.29, 0.717) is 16.4 Å². The summed E-state index contributed by atoms with van der Waals surface area (Å²) < 4.78 is 7.31. The Morgan fingerprint density at radius 3 is 2.50 bits per heavy atom. The molecule has 2 N–H and O–H groups in total. The Bertz CT molecular complexity index is 1150. The topological polar surface area (TPSA) is 98.1 Å². The summed E-state index contributed by atoms with van der Waals surface area (Å²) in [5.41, 5.74) is 2.78. The number of thiazole rings is 1. The monoisotopic (exact) mass is 541 g/mol. The van der Waals surface area contributed by atoms with Crippen LogP contribution < -0.4 is 10.6 Å². The molecule has 0 aliphatic heterocycles. The number of carbonyl (C=O) groups is 2. The van der Waals surface area contributed by atoms with Crippen LogP contribution in [0.1, 0.15) is 76.9 Å². The van der Waals surface area contributed by atoms with Crippen LogP contribution in [-0.4, -0.2) is 46.1 Å². The van der Waals surface area contributed by atoms with E-state index in [9.17, 15) is 9.59 Å². The number of hydrogen-bond acceptors (Lipinski definition) is 6. The van der Waals surface area contributed by atoms with Gasteiger partial charge >= 0.3 is 0 Å². The summed E-state index contributed by atoms with van der Waals surface area (Å²) >= 11 is 1.32. The molecule has 0 aliphatic rings. The molecule has 208 valence electrons. The quantitative estimate of drug-likeness (QED) is 0.278. The molecule has 1 atom stereocenters. The number of nitrogens with one attached hydrogen (secondary N) is 2. The Hall–Kier alpha value is -3.04. The molecule has 3 aromatic heterocycles. The van der Waals surface area contributed by atoms with E-state index in [1.54, 1.807) is 12.3 Å². The van der Waals surface area contributed by atoms with Gasteiger partial charge in [0.15, 0.2) is 5.13 Å². The summed E-state index contributed by atoms with van der Waals surface area (Å²) in [7, 11) is 0. The summed E-state index contributed by atoms with van der Waals surface area (Å²) in [5.74, 6) is 0.209. The Balaban J connectivity index is 0.000000432. The van der Waals surface area contributed by atoms with Crippen LogP contribution in [0.4, 0.5) is 5.13 Å². The third-order valence-corrected chi connectivity index (χ3v) is 6.60. The molecule has 0 spiro atoms. The predicted molar refractivity (Wildman–Crippen MR) is 156 cm³/mol. The van der Waals surface area contributed by atoms with Gasteiger partial charge in [-0.3, -0.25) is 14.6 Å². The lowest BCUT2D eigenvalue weighted by atomic mass is 10.1. The number of ether oxygens (including phenoxy) is 1. The van der Waals surface area contributed by atoms with E-state index in [1.165, 1.54) is 24.2 Å². The first-order chi connectivity index (χ1) is 18.0. The number of anilines is 1. The first-order valence-corrected chi connectivity index (χ1v) is 14.1. The number of aryl methyl sites for hydroxylation is 1. The summed E-state index contributed by atoms with van der Waals surface area (Å²) in [6.07, 6.45) is 7.26. The largest absolute Gasteiger partial charge is 0.381 e. The van der Waals surface area contributed by atoms with Crippen molar-refractivity contribution in [3.8, 4) is 11.4 Å². The van der Waals surface area contributed by atoms with Crippen molar-refractivity contribution in [1.29, 1.82) is 0 Å². The minimum atomic E-state index is -0.332. The molecule has 0 aromatic carbocycles. The minimum absolute atomic E-state index is 0.107. The number of aromatic nitrogens is 3. The van der Waals surface area contributed by atoms with Crippen molar-refractivity contribution >= 4 is 28.3 Å². The van der Waals surface area contributed by atoms with Gasteiger partial charge in [-0.2, -0.15) is 0 Å². The molecule has 3 rings (SSSR count). The highest BCUT2D eigenvalue weighted by molar-refractivity contribution is 7.14. The highest BCUT2D eigenvalue weighted by atomic mass is 32.1. The van der Waals surface area contributed by atoms with E-state index in [2.05, 4.69) is 62.1 Å². The van der Waals surface area contributed by atoms with Crippen molar-refractivity contribution in [2.75, 3.05) is 25.1 Å². The van der Waals surface area contributed by atoms with Gasteiger partial charge in [0.05, 0.1) is 17.8 Å². The summed E-state index contributed by atoms with van der Waals surface area (Å²) in [6.45, 7) is 16.5. The average Bonchev–Trinajstić information content (AvgIpc) is 3.56. The standard InChI is InChI=1S/C20H23N5O2S.C9H20O/c1-13-6-5-7-15(22-13)16-12-28-19(23-16)24-17(26)10-21-18(27)14-8-9-25(11-14)20(2,3)4;1-4-7-10-8-6-9(3)5-2/h5-9,11-12H,10H2,1-4H3,(H,21,27)(H,23,24,26);9H,4-8H2,1-3H3. The molecule has 9 heteroatoms. The minimum Gasteiger partial charge on any atom is -0.381 e. The van der Waals surface area contributed by atoms with Crippen molar-refractivity contribution in [2.45, 2.75) is 73.3 Å². The van der Waals surface area contributed by atoms with Crippen molar-refractivity contribution < 1.29 is 14.3 Å². The maximum absolute atomic E-state index is 12.2. The van der Waals surface area contributed by atoms with Crippen molar-refractivity contribution in [2.24, 2.45) is 5.92 Å². The molecular weight excluding hydrogens is 498 g/mol. The van der Waals surface area contributed by atoms with E-state index in [-0.39, 0.29) is 23.9 Å². The molecule has 0 bridgehead atoms.